The van der Waals surface area contributed by atoms with Crippen LogP contribution in [0.4, 0.5) is 0 Å². The molecule has 0 bridgehead atoms. The predicted octanol–water partition coefficient (Wildman–Crippen LogP) is 3.82. The van der Waals surface area contributed by atoms with Gasteiger partial charge in [0.15, 0.2) is 0 Å². The molecule has 0 spiro atoms. The van der Waals surface area contributed by atoms with Crippen LogP contribution in [0.3, 0.4) is 0 Å². The van der Waals surface area contributed by atoms with Crippen LogP contribution in [0.2, 0.25) is 0 Å². The Bertz CT molecular complexity index is 845. The lowest BCUT2D eigenvalue weighted by atomic mass is 10.0. The van der Waals surface area contributed by atoms with Crippen molar-refractivity contribution in [3.63, 3.8) is 0 Å². The van der Waals surface area contributed by atoms with Gasteiger partial charge >= 0.3 is 0 Å². The first-order valence-corrected chi connectivity index (χ1v) is 7.15. The van der Waals surface area contributed by atoms with Crippen LogP contribution in [-0.4, -0.2) is 9.55 Å². The molecule has 3 aromatic rings. The second-order valence-electron chi connectivity index (χ2n) is 5.60. The van der Waals surface area contributed by atoms with Crippen molar-refractivity contribution in [3.8, 4) is 5.69 Å². The van der Waals surface area contributed by atoms with Crippen molar-refractivity contribution in [2.75, 3.05) is 0 Å². The number of hydrogen-bond acceptors (Lipinski definition) is 2. The molecule has 0 aliphatic heterocycles. The summed E-state index contributed by atoms with van der Waals surface area (Å²) < 4.78 is 1.68. The van der Waals surface area contributed by atoms with Gasteiger partial charge in [0, 0.05) is 18.1 Å². The van der Waals surface area contributed by atoms with E-state index in [2.05, 4.69) is 31.0 Å². The summed E-state index contributed by atoms with van der Waals surface area (Å²) in [6, 6.07) is 12.0. The highest BCUT2D eigenvalue weighted by Gasteiger charge is 2.08. The minimum Gasteiger partial charge on any atom is -0.284 e. The fourth-order valence-electron chi connectivity index (χ4n) is 2.57. The largest absolute Gasteiger partial charge is 0.284 e. The highest BCUT2D eigenvalue weighted by Crippen LogP contribution is 2.17. The number of aryl methyl sites for hydroxylation is 1. The number of fused-ring (bicyclic) bond motifs is 1. The van der Waals surface area contributed by atoms with E-state index in [4.69, 9.17) is 0 Å². The topological polar surface area (TPSA) is 34.9 Å². The fraction of sp³-hybridized carbons (Fsp3) is 0.222. The summed E-state index contributed by atoms with van der Waals surface area (Å²) in [5.74, 6) is 0.485. The molecule has 0 saturated carbocycles. The van der Waals surface area contributed by atoms with E-state index >= 15 is 0 Å². The normalized spacial score (nSPS) is 11.2. The average Bonchev–Trinajstić information content (AvgIpc) is 2.48. The number of aromatic nitrogens is 2. The van der Waals surface area contributed by atoms with Crippen molar-refractivity contribution in [3.05, 3.63) is 70.4 Å². The van der Waals surface area contributed by atoms with Crippen molar-refractivity contribution < 1.29 is 0 Å². The molecule has 1 aromatic carbocycles. The number of rotatable bonds is 2. The molecule has 0 N–H and O–H groups in total. The van der Waals surface area contributed by atoms with Crippen LogP contribution in [-0.2, 0) is 0 Å². The van der Waals surface area contributed by atoms with E-state index in [1.807, 2.05) is 37.4 Å². The second kappa shape index (κ2) is 5.17. The number of hydrogen-bond donors (Lipinski definition) is 0. The molecule has 0 aliphatic carbocycles. The maximum atomic E-state index is 12.7. The Kier molecular flexibility index (Phi) is 3.34. The Labute approximate surface area is 123 Å². The number of nitrogens with zero attached hydrogens (tertiary/aromatic N) is 2. The Morgan fingerprint density at radius 3 is 2.43 bits per heavy atom. The van der Waals surface area contributed by atoms with Crippen molar-refractivity contribution >= 4 is 10.8 Å². The molecule has 0 saturated heterocycles. The summed E-state index contributed by atoms with van der Waals surface area (Å²) in [4.78, 5) is 16.9. The van der Waals surface area contributed by atoms with E-state index in [1.165, 1.54) is 5.56 Å². The molecule has 2 heterocycles. The molecule has 2 aromatic heterocycles. The second-order valence-corrected chi connectivity index (χ2v) is 5.60. The molecule has 0 atom stereocenters. The summed E-state index contributed by atoms with van der Waals surface area (Å²) in [7, 11) is 0. The molecule has 3 rings (SSSR count). The Morgan fingerprint density at radius 1 is 1.05 bits per heavy atom. The van der Waals surface area contributed by atoms with Gasteiger partial charge in [0.05, 0.1) is 11.1 Å². The molecule has 0 aliphatic rings. The molecular formula is C18H18N2O. The van der Waals surface area contributed by atoms with Crippen LogP contribution in [0.5, 0.6) is 0 Å². The van der Waals surface area contributed by atoms with Gasteiger partial charge < -0.3 is 0 Å². The zero-order chi connectivity index (χ0) is 15.0. The van der Waals surface area contributed by atoms with Crippen LogP contribution in [0.1, 0.15) is 31.0 Å². The number of benzene rings is 1. The van der Waals surface area contributed by atoms with E-state index in [9.17, 15) is 4.79 Å². The van der Waals surface area contributed by atoms with Gasteiger partial charge in [-0.25, -0.2) is 0 Å². The van der Waals surface area contributed by atoms with E-state index in [-0.39, 0.29) is 5.56 Å². The third-order valence-corrected chi connectivity index (χ3v) is 3.85. The SMILES string of the molecule is Cc1nccc2ccn(-c3ccc(C(C)C)cc3)c(=O)c12. The summed E-state index contributed by atoms with van der Waals surface area (Å²) >= 11 is 0. The first-order valence-electron chi connectivity index (χ1n) is 7.15. The Morgan fingerprint density at radius 2 is 1.76 bits per heavy atom. The van der Waals surface area contributed by atoms with E-state index in [1.54, 1.807) is 10.8 Å². The lowest BCUT2D eigenvalue weighted by Crippen LogP contribution is -2.18. The van der Waals surface area contributed by atoms with Crippen LogP contribution < -0.4 is 5.56 Å². The third-order valence-electron chi connectivity index (χ3n) is 3.85. The van der Waals surface area contributed by atoms with Crippen LogP contribution >= 0.6 is 0 Å². The van der Waals surface area contributed by atoms with Crippen LogP contribution in [0, 0.1) is 6.92 Å². The smallest absolute Gasteiger partial charge is 0.264 e. The van der Waals surface area contributed by atoms with Crippen molar-refractivity contribution in [2.24, 2.45) is 0 Å². The maximum absolute atomic E-state index is 12.7. The van der Waals surface area contributed by atoms with Crippen LogP contribution in [0.25, 0.3) is 16.5 Å². The summed E-state index contributed by atoms with van der Waals surface area (Å²) in [5.41, 5.74) is 2.90. The van der Waals surface area contributed by atoms with Gasteiger partial charge in [-0.1, -0.05) is 26.0 Å². The molecule has 0 unspecified atom stereocenters. The molecule has 3 nitrogen and oxygen atoms in total. The molecule has 106 valence electrons. The van der Waals surface area contributed by atoms with Gasteiger partial charge in [0.25, 0.3) is 5.56 Å². The fourth-order valence-corrected chi connectivity index (χ4v) is 2.57. The highest BCUT2D eigenvalue weighted by molar-refractivity contribution is 5.83. The van der Waals surface area contributed by atoms with Gasteiger partial charge in [0.2, 0.25) is 0 Å². The maximum Gasteiger partial charge on any atom is 0.264 e. The highest BCUT2D eigenvalue weighted by atomic mass is 16.1. The van der Waals surface area contributed by atoms with E-state index in [0.29, 0.717) is 11.3 Å². The van der Waals surface area contributed by atoms with Gasteiger partial charge in [-0.05, 0) is 48.1 Å². The zero-order valence-electron chi connectivity index (χ0n) is 12.5. The van der Waals surface area contributed by atoms with Gasteiger partial charge in [-0.15, -0.1) is 0 Å². The summed E-state index contributed by atoms with van der Waals surface area (Å²) in [6.45, 7) is 6.19. The third kappa shape index (κ3) is 2.35. The average molecular weight is 278 g/mol. The minimum atomic E-state index is -0.0182. The van der Waals surface area contributed by atoms with Gasteiger partial charge in [-0.2, -0.15) is 0 Å². The first-order chi connectivity index (χ1) is 10.1. The Hall–Kier alpha value is -2.42. The first kappa shape index (κ1) is 13.6. The number of pyridine rings is 2. The van der Waals surface area contributed by atoms with E-state index in [0.717, 1.165) is 16.8 Å². The standard InChI is InChI=1S/C18H18N2O/c1-12(2)14-4-6-16(7-5-14)20-11-9-15-8-10-19-13(3)17(15)18(20)21/h4-12H,1-3H3. The van der Waals surface area contributed by atoms with Crippen LogP contribution in [0.15, 0.2) is 53.6 Å². The Balaban J connectivity index is 2.19. The molecular weight excluding hydrogens is 260 g/mol. The van der Waals surface area contributed by atoms with Crippen molar-refractivity contribution in [1.29, 1.82) is 0 Å². The zero-order valence-corrected chi connectivity index (χ0v) is 12.5. The summed E-state index contributed by atoms with van der Waals surface area (Å²) in [6.07, 6.45) is 3.56. The molecule has 0 amide bonds. The van der Waals surface area contributed by atoms with Gasteiger partial charge in [0.1, 0.15) is 0 Å². The lowest BCUT2D eigenvalue weighted by molar-refractivity contribution is 0.864. The predicted molar refractivity (Wildman–Crippen MR) is 86.2 cm³/mol. The molecule has 3 heteroatoms. The van der Waals surface area contributed by atoms with Crippen molar-refractivity contribution in [2.45, 2.75) is 26.7 Å². The minimum absolute atomic E-state index is 0.0182. The summed E-state index contributed by atoms with van der Waals surface area (Å²) in [5, 5.41) is 1.62. The van der Waals surface area contributed by atoms with Gasteiger partial charge in [-0.3, -0.25) is 14.3 Å². The molecule has 0 fully saturated rings. The van der Waals surface area contributed by atoms with E-state index < -0.39 is 0 Å². The monoisotopic (exact) mass is 278 g/mol. The quantitative estimate of drug-likeness (QED) is 0.714. The molecule has 0 radical (unpaired) electrons. The lowest BCUT2D eigenvalue weighted by Gasteiger charge is -2.10. The molecule has 21 heavy (non-hydrogen) atoms. The van der Waals surface area contributed by atoms with Crippen molar-refractivity contribution in [1.82, 2.24) is 9.55 Å².